The van der Waals surface area contributed by atoms with Gasteiger partial charge in [0.2, 0.25) is 5.91 Å². The highest BCUT2D eigenvalue weighted by atomic mass is 35.5. The van der Waals surface area contributed by atoms with Crippen molar-refractivity contribution in [2.24, 2.45) is 5.92 Å². The number of nitrogens with one attached hydrogen (secondary N) is 2. The van der Waals surface area contributed by atoms with Crippen LogP contribution < -0.4 is 10.6 Å². The zero-order valence-electron chi connectivity index (χ0n) is 22.5. The van der Waals surface area contributed by atoms with Gasteiger partial charge in [-0.25, -0.2) is 4.79 Å². The molecule has 2 atom stereocenters. The molecule has 0 heterocycles. The summed E-state index contributed by atoms with van der Waals surface area (Å²) in [6.45, 7) is 12.6. The Labute approximate surface area is 224 Å². The summed E-state index contributed by atoms with van der Waals surface area (Å²) in [5.74, 6) is 1.41. The van der Waals surface area contributed by atoms with E-state index in [1.54, 1.807) is 64.1 Å². The molecule has 0 aliphatic heterocycles. The quantitative estimate of drug-likeness (QED) is 0.432. The van der Waals surface area contributed by atoms with Crippen molar-refractivity contribution in [2.75, 3.05) is 11.9 Å². The van der Waals surface area contributed by atoms with Gasteiger partial charge in [0, 0.05) is 12.1 Å². The van der Waals surface area contributed by atoms with E-state index in [9.17, 15) is 14.4 Å². The molecule has 2 rings (SSSR count). The third kappa shape index (κ3) is 7.74. The van der Waals surface area contributed by atoms with E-state index in [1.165, 1.54) is 4.90 Å². The van der Waals surface area contributed by atoms with E-state index in [1.807, 2.05) is 26.8 Å². The van der Waals surface area contributed by atoms with Gasteiger partial charge in [0.05, 0.1) is 10.7 Å². The molecule has 198 valence electrons. The summed E-state index contributed by atoms with van der Waals surface area (Å²) in [6.07, 6.45) is 5.04. The molecular formula is C29H36ClN3O4. The van der Waals surface area contributed by atoms with Crippen LogP contribution in [0.5, 0.6) is 0 Å². The Morgan fingerprint density at radius 1 is 1.11 bits per heavy atom. The third-order valence-corrected chi connectivity index (χ3v) is 5.98. The van der Waals surface area contributed by atoms with Gasteiger partial charge >= 0.3 is 6.09 Å². The highest BCUT2D eigenvalue weighted by Crippen LogP contribution is 2.31. The number of terminal acetylenes is 1. The van der Waals surface area contributed by atoms with Gasteiger partial charge in [-0.1, -0.05) is 61.7 Å². The van der Waals surface area contributed by atoms with Gasteiger partial charge in [0.25, 0.3) is 5.91 Å². The Bertz CT molecular complexity index is 1160. The first-order valence-electron chi connectivity index (χ1n) is 12.2. The maximum Gasteiger partial charge on any atom is 0.408 e. The highest BCUT2D eigenvalue weighted by molar-refractivity contribution is 6.34. The molecule has 2 aromatic carbocycles. The molecule has 0 saturated carbocycles. The molecule has 8 heteroatoms. The molecule has 0 bridgehead atoms. The Kier molecular flexibility index (Phi) is 10.2. The number of aryl methyl sites for hydroxylation is 1. The zero-order valence-corrected chi connectivity index (χ0v) is 23.3. The Morgan fingerprint density at radius 2 is 1.76 bits per heavy atom. The van der Waals surface area contributed by atoms with Crippen molar-refractivity contribution < 1.29 is 19.1 Å². The molecule has 0 aliphatic rings. The summed E-state index contributed by atoms with van der Waals surface area (Å²) < 4.78 is 5.38. The van der Waals surface area contributed by atoms with E-state index in [2.05, 4.69) is 16.6 Å². The molecule has 0 aromatic heterocycles. The molecule has 3 amide bonds. The average Bonchev–Trinajstić information content (AvgIpc) is 2.81. The second-order valence-corrected chi connectivity index (χ2v) is 10.5. The van der Waals surface area contributed by atoms with Gasteiger partial charge in [-0.05, 0) is 63.8 Å². The van der Waals surface area contributed by atoms with Crippen LogP contribution in [-0.4, -0.2) is 41.0 Å². The van der Waals surface area contributed by atoms with Gasteiger partial charge in [-0.15, -0.1) is 6.42 Å². The van der Waals surface area contributed by atoms with Crippen LogP contribution in [0.1, 0.15) is 64.3 Å². The number of halogens is 1. The summed E-state index contributed by atoms with van der Waals surface area (Å²) >= 11 is 6.37. The fraction of sp³-hybridized carbons (Fsp3) is 0.414. The van der Waals surface area contributed by atoms with E-state index < -0.39 is 35.6 Å². The number of anilines is 1. The summed E-state index contributed by atoms with van der Waals surface area (Å²) in [4.78, 5) is 41.7. The highest BCUT2D eigenvalue weighted by Gasteiger charge is 2.37. The average molecular weight is 526 g/mol. The number of hydrogen-bond acceptors (Lipinski definition) is 4. The molecule has 37 heavy (non-hydrogen) atoms. The molecular weight excluding hydrogens is 490 g/mol. The number of alkyl carbamates (subject to hydrolysis) is 1. The maximum atomic E-state index is 13.9. The number of likely N-dealkylation sites (N-methyl/N-ethyl adjacent to an activating group) is 1. The Hall–Kier alpha value is -3.50. The Morgan fingerprint density at radius 3 is 2.30 bits per heavy atom. The predicted octanol–water partition coefficient (Wildman–Crippen LogP) is 5.71. The van der Waals surface area contributed by atoms with E-state index >= 15 is 0 Å². The van der Waals surface area contributed by atoms with Gasteiger partial charge in [-0.2, -0.15) is 0 Å². The fourth-order valence-electron chi connectivity index (χ4n) is 3.89. The third-order valence-electron chi connectivity index (χ3n) is 5.67. The molecule has 0 saturated heterocycles. The number of ether oxygens (including phenoxy) is 1. The zero-order chi connectivity index (χ0) is 27.9. The van der Waals surface area contributed by atoms with Gasteiger partial charge < -0.3 is 20.3 Å². The molecule has 0 radical (unpaired) electrons. The number of carbonyl (C=O) groups is 3. The van der Waals surface area contributed by atoms with Crippen LogP contribution in [0.3, 0.4) is 0 Å². The molecule has 7 nitrogen and oxygen atoms in total. The van der Waals surface area contributed by atoms with Crippen LogP contribution in [0.4, 0.5) is 10.5 Å². The van der Waals surface area contributed by atoms with Crippen molar-refractivity contribution in [2.45, 2.75) is 66.2 Å². The topological polar surface area (TPSA) is 87.7 Å². The van der Waals surface area contributed by atoms with Crippen molar-refractivity contribution in [1.29, 1.82) is 0 Å². The number of hydrogen-bond donors (Lipinski definition) is 2. The fourth-order valence-corrected chi connectivity index (χ4v) is 4.16. The monoisotopic (exact) mass is 525 g/mol. The van der Waals surface area contributed by atoms with E-state index in [0.717, 1.165) is 5.56 Å². The maximum absolute atomic E-state index is 13.9. The first-order valence-corrected chi connectivity index (χ1v) is 12.6. The number of rotatable bonds is 8. The SMILES string of the molecule is C#Cc1ccccc1C(C(=O)Nc1c(C)cccc1Cl)N(CC)C(=O)C(NC(=O)OC(C)(C)C)C(C)C. The van der Waals surface area contributed by atoms with Gasteiger partial charge in [0.15, 0.2) is 0 Å². The minimum Gasteiger partial charge on any atom is -0.444 e. The second kappa shape index (κ2) is 12.6. The normalized spacial score (nSPS) is 12.8. The van der Waals surface area contributed by atoms with Crippen LogP contribution in [0.15, 0.2) is 42.5 Å². The first-order chi connectivity index (χ1) is 17.3. The van der Waals surface area contributed by atoms with E-state index in [4.69, 9.17) is 22.8 Å². The largest absolute Gasteiger partial charge is 0.444 e. The van der Waals surface area contributed by atoms with Crippen LogP contribution in [-0.2, 0) is 14.3 Å². The van der Waals surface area contributed by atoms with E-state index in [-0.39, 0.29) is 12.5 Å². The van der Waals surface area contributed by atoms with Crippen molar-refractivity contribution in [3.8, 4) is 12.3 Å². The molecule has 2 N–H and O–H groups in total. The molecule has 0 spiro atoms. The minimum absolute atomic E-state index is 0.177. The lowest BCUT2D eigenvalue weighted by atomic mass is 9.95. The van der Waals surface area contributed by atoms with Gasteiger partial charge in [-0.3, -0.25) is 9.59 Å². The predicted molar refractivity (Wildman–Crippen MR) is 147 cm³/mol. The second-order valence-electron chi connectivity index (χ2n) is 10.0. The lowest BCUT2D eigenvalue weighted by Gasteiger charge is -2.35. The minimum atomic E-state index is -1.08. The Balaban J connectivity index is 2.55. The lowest BCUT2D eigenvalue weighted by molar-refractivity contribution is -0.141. The lowest BCUT2D eigenvalue weighted by Crippen LogP contribution is -2.54. The van der Waals surface area contributed by atoms with E-state index in [0.29, 0.717) is 21.8 Å². The summed E-state index contributed by atoms with van der Waals surface area (Å²) in [7, 11) is 0. The number of benzene rings is 2. The number of amides is 3. The van der Waals surface area contributed by atoms with Gasteiger partial charge in [0.1, 0.15) is 17.7 Å². The molecule has 2 unspecified atom stereocenters. The number of carbonyl (C=O) groups excluding carboxylic acids is 3. The first kappa shape index (κ1) is 29.7. The standard InChI is InChI=1S/C29H36ClN3O4/c1-9-20-15-11-12-16-21(20)25(26(34)31-24-19(5)14-13-17-22(24)30)33(10-2)27(35)23(18(3)4)32-28(36)37-29(6,7)8/h1,11-18,23,25H,10H2,2-8H3,(H,31,34)(H,32,36). The summed E-state index contributed by atoms with van der Waals surface area (Å²) in [5.41, 5.74) is 1.45. The van der Waals surface area contributed by atoms with Crippen LogP contribution in [0.25, 0.3) is 0 Å². The smallest absolute Gasteiger partial charge is 0.408 e. The number of nitrogens with zero attached hydrogens (tertiary/aromatic N) is 1. The van der Waals surface area contributed by atoms with Crippen molar-refractivity contribution in [3.05, 3.63) is 64.2 Å². The van der Waals surface area contributed by atoms with Crippen LogP contribution in [0, 0.1) is 25.2 Å². The summed E-state index contributed by atoms with van der Waals surface area (Å²) in [6, 6.07) is 10.2. The number of para-hydroxylation sites is 1. The molecule has 2 aromatic rings. The van der Waals surface area contributed by atoms with Crippen molar-refractivity contribution >= 4 is 35.2 Å². The summed E-state index contributed by atoms with van der Waals surface area (Å²) in [5, 5.41) is 5.95. The molecule has 0 aliphatic carbocycles. The molecule has 0 fully saturated rings. The van der Waals surface area contributed by atoms with Crippen LogP contribution >= 0.6 is 11.6 Å². The van der Waals surface area contributed by atoms with Crippen molar-refractivity contribution in [3.63, 3.8) is 0 Å². The van der Waals surface area contributed by atoms with Crippen LogP contribution in [0.2, 0.25) is 5.02 Å². The van der Waals surface area contributed by atoms with Crippen molar-refractivity contribution in [1.82, 2.24) is 10.2 Å².